The summed E-state index contributed by atoms with van der Waals surface area (Å²) in [7, 11) is 3.41. The van der Waals surface area contributed by atoms with Gasteiger partial charge in [0.05, 0.1) is 38.2 Å². The van der Waals surface area contributed by atoms with Gasteiger partial charge in [0.15, 0.2) is 0 Å². The Labute approximate surface area is 237 Å². The molecule has 5 rings (SSSR count). The van der Waals surface area contributed by atoms with Crippen molar-refractivity contribution in [3.05, 3.63) is 53.6 Å². The van der Waals surface area contributed by atoms with Crippen LogP contribution in [0.1, 0.15) is 36.3 Å². The average Bonchev–Trinajstić information content (AvgIpc) is 3.54. The first-order valence-electron chi connectivity index (χ1n) is 14.5. The van der Waals surface area contributed by atoms with Gasteiger partial charge in [0.25, 0.3) is 0 Å². The lowest BCUT2D eigenvalue weighted by molar-refractivity contribution is -0.139. The van der Waals surface area contributed by atoms with Crippen molar-refractivity contribution in [3.63, 3.8) is 0 Å². The number of likely N-dealkylation sites (tertiary alicyclic amines) is 1. The molecule has 2 aromatic carbocycles. The standard InChI is InChI=1S/C31H43N3O6/c1-36-16-5-14-33-15-17-38-27-11-6-23(18-26(27)33)21-39-28-19-32-20-29(40-22-30(35)34-12-3-4-13-34)31(28)24-7-9-25(37-2)10-8-24/h6-11,18,28-29,31-32H,3-5,12-17,19-22H2,1-2H3/t28-,29?,31?/m0/s1. The summed E-state index contributed by atoms with van der Waals surface area (Å²) in [5, 5.41) is 3.48. The van der Waals surface area contributed by atoms with Gasteiger partial charge >= 0.3 is 0 Å². The predicted molar refractivity (Wildman–Crippen MR) is 153 cm³/mol. The summed E-state index contributed by atoms with van der Waals surface area (Å²) in [6, 6.07) is 14.4. The van der Waals surface area contributed by atoms with E-state index in [9.17, 15) is 4.79 Å². The van der Waals surface area contributed by atoms with Gasteiger partial charge in [0, 0.05) is 52.4 Å². The number of fused-ring (bicyclic) bond motifs is 1. The van der Waals surface area contributed by atoms with Crippen molar-refractivity contribution >= 4 is 11.6 Å². The van der Waals surface area contributed by atoms with E-state index < -0.39 is 0 Å². The van der Waals surface area contributed by atoms with Crippen molar-refractivity contribution < 1.29 is 28.5 Å². The van der Waals surface area contributed by atoms with Crippen molar-refractivity contribution in [2.75, 3.05) is 78.2 Å². The van der Waals surface area contributed by atoms with Gasteiger partial charge in [-0.3, -0.25) is 4.79 Å². The molecule has 2 fully saturated rings. The topological polar surface area (TPSA) is 81.7 Å². The molecule has 3 atom stereocenters. The molecule has 3 aliphatic heterocycles. The van der Waals surface area contributed by atoms with Crippen LogP contribution < -0.4 is 19.7 Å². The Morgan fingerprint density at radius 3 is 2.52 bits per heavy atom. The van der Waals surface area contributed by atoms with Gasteiger partial charge < -0.3 is 38.8 Å². The van der Waals surface area contributed by atoms with E-state index in [1.54, 1.807) is 14.2 Å². The van der Waals surface area contributed by atoms with Crippen LogP contribution in [0.2, 0.25) is 0 Å². The van der Waals surface area contributed by atoms with E-state index in [-0.39, 0.29) is 30.6 Å². The van der Waals surface area contributed by atoms with E-state index in [0.29, 0.717) is 26.3 Å². The lowest BCUT2D eigenvalue weighted by atomic mass is 9.85. The Morgan fingerprint density at radius 2 is 1.77 bits per heavy atom. The normalized spacial score (nSPS) is 22.6. The number of ether oxygens (including phenoxy) is 5. The number of nitrogens with zero attached hydrogens (tertiary/aromatic N) is 2. The minimum Gasteiger partial charge on any atom is -0.497 e. The molecule has 3 aliphatic rings. The van der Waals surface area contributed by atoms with Crippen LogP contribution >= 0.6 is 0 Å². The first-order valence-corrected chi connectivity index (χ1v) is 14.5. The number of anilines is 1. The number of carbonyl (C=O) groups is 1. The third-order valence-electron chi connectivity index (χ3n) is 8.10. The maximum Gasteiger partial charge on any atom is 0.248 e. The van der Waals surface area contributed by atoms with Crippen molar-refractivity contribution in [1.29, 1.82) is 0 Å². The van der Waals surface area contributed by atoms with Gasteiger partial charge in [0.2, 0.25) is 5.91 Å². The third-order valence-corrected chi connectivity index (χ3v) is 8.10. The van der Waals surface area contributed by atoms with E-state index in [0.717, 1.165) is 80.4 Å². The number of methoxy groups -OCH3 is 2. The fourth-order valence-electron chi connectivity index (χ4n) is 5.92. The second kappa shape index (κ2) is 14.2. The number of amides is 1. The average molecular weight is 554 g/mol. The van der Waals surface area contributed by atoms with Gasteiger partial charge in [-0.25, -0.2) is 0 Å². The molecule has 1 amide bonds. The number of hydrogen-bond acceptors (Lipinski definition) is 8. The van der Waals surface area contributed by atoms with Crippen molar-refractivity contribution in [1.82, 2.24) is 10.2 Å². The summed E-state index contributed by atoms with van der Waals surface area (Å²) in [5.41, 5.74) is 3.33. The molecule has 0 spiro atoms. The third kappa shape index (κ3) is 7.07. The number of benzene rings is 2. The largest absolute Gasteiger partial charge is 0.497 e. The molecule has 0 bridgehead atoms. The highest BCUT2D eigenvalue weighted by Gasteiger charge is 2.37. The van der Waals surface area contributed by atoms with Gasteiger partial charge in [-0.15, -0.1) is 0 Å². The summed E-state index contributed by atoms with van der Waals surface area (Å²) < 4.78 is 29.5. The Morgan fingerprint density at radius 1 is 1.00 bits per heavy atom. The monoisotopic (exact) mass is 553 g/mol. The summed E-state index contributed by atoms with van der Waals surface area (Å²) in [6.07, 6.45) is 2.79. The van der Waals surface area contributed by atoms with E-state index in [2.05, 4.69) is 34.5 Å². The Bertz CT molecular complexity index is 1090. The predicted octanol–water partition coefficient (Wildman–Crippen LogP) is 3.21. The summed E-state index contributed by atoms with van der Waals surface area (Å²) in [4.78, 5) is 17.0. The van der Waals surface area contributed by atoms with Crippen LogP contribution in [0.15, 0.2) is 42.5 Å². The SMILES string of the molecule is COCCCN1CCOc2ccc(CO[C@H]3CNCC(OCC(=O)N4CCCC4)C3c3ccc(OC)cc3)cc21. The molecule has 40 heavy (non-hydrogen) atoms. The summed E-state index contributed by atoms with van der Waals surface area (Å²) >= 11 is 0. The van der Waals surface area contributed by atoms with Crippen LogP contribution in [-0.2, 0) is 25.6 Å². The number of carbonyl (C=O) groups excluding carboxylic acids is 1. The highest BCUT2D eigenvalue weighted by Crippen LogP contribution is 2.35. The molecule has 1 N–H and O–H groups in total. The Balaban J connectivity index is 1.29. The molecule has 0 radical (unpaired) electrons. The van der Waals surface area contributed by atoms with Gasteiger partial charge in [-0.2, -0.15) is 0 Å². The first-order chi connectivity index (χ1) is 19.7. The van der Waals surface area contributed by atoms with E-state index in [1.807, 2.05) is 23.1 Å². The molecule has 9 heteroatoms. The van der Waals surface area contributed by atoms with Crippen LogP contribution in [0.4, 0.5) is 5.69 Å². The minimum absolute atomic E-state index is 0.0231. The van der Waals surface area contributed by atoms with Crippen molar-refractivity contribution in [2.24, 2.45) is 0 Å². The molecule has 2 unspecified atom stereocenters. The van der Waals surface area contributed by atoms with E-state index in [1.165, 1.54) is 0 Å². The van der Waals surface area contributed by atoms with Crippen molar-refractivity contribution in [3.8, 4) is 11.5 Å². The molecule has 0 aromatic heterocycles. The van der Waals surface area contributed by atoms with Crippen LogP contribution in [0.25, 0.3) is 0 Å². The molecule has 0 saturated carbocycles. The molecule has 0 aliphatic carbocycles. The Hall–Kier alpha value is -2.85. The van der Waals surface area contributed by atoms with E-state index >= 15 is 0 Å². The lowest BCUT2D eigenvalue weighted by Gasteiger charge is -2.39. The quantitative estimate of drug-likeness (QED) is 0.402. The second-order valence-corrected chi connectivity index (χ2v) is 10.7. The van der Waals surface area contributed by atoms with E-state index in [4.69, 9.17) is 23.7 Å². The highest BCUT2D eigenvalue weighted by molar-refractivity contribution is 5.77. The van der Waals surface area contributed by atoms with Gasteiger partial charge in [0.1, 0.15) is 24.7 Å². The smallest absolute Gasteiger partial charge is 0.248 e. The van der Waals surface area contributed by atoms with Crippen LogP contribution in [0.3, 0.4) is 0 Å². The lowest BCUT2D eigenvalue weighted by Crippen LogP contribution is -2.51. The fourth-order valence-corrected chi connectivity index (χ4v) is 5.92. The molecule has 2 aromatic rings. The van der Waals surface area contributed by atoms with Crippen LogP contribution in [0.5, 0.6) is 11.5 Å². The number of hydrogen-bond donors (Lipinski definition) is 1. The summed E-state index contributed by atoms with van der Waals surface area (Å²) in [6.45, 7) is 6.80. The molecule has 9 nitrogen and oxygen atoms in total. The first kappa shape index (κ1) is 28.7. The van der Waals surface area contributed by atoms with Gasteiger partial charge in [-0.05, 0) is 54.7 Å². The maximum atomic E-state index is 12.7. The zero-order chi connectivity index (χ0) is 27.7. The molecule has 218 valence electrons. The van der Waals surface area contributed by atoms with Gasteiger partial charge in [-0.1, -0.05) is 18.2 Å². The minimum atomic E-state index is -0.188. The zero-order valence-electron chi connectivity index (χ0n) is 23.8. The maximum absolute atomic E-state index is 12.7. The zero-order valence-corrected chi connectivity index (χ0v) is 23.8. The number of nitrogens with one attached hydrogen (secondary N) is 1. The number of piperidine rings is 1. The molecular weight excluding hydrogens is 510 g/mol. The number of rotatable bonds is 12. The molecular formula is C31H43N3O6. The second-order valence-electron chi connectivity index (χ2n) is 10.7. The summed E-state index contributed by atoms with van der Waals surface area (Å²) in [5.74, 6) is 1.77. The Kier molecular flexibility index (Phi) is 10.2. The van der Waals surface area contributed by atoms with Crippen LogP contribution in [-0.4, -0.2) is 96.3 Å². The molecule has 3 heterocycles. The van der Waals surface area contributed by atoms with Crippen LogP contribution in [0, 0.1) is 0 Å². The van der Waals surface area contributed by atoms with Crippen molar-refractivity contribution in [2.45, 2.75) is 44.0 Å². The highest BCUT2D eigenvalue weighted by atomic mass is 16.5. The molecule has 2 saturated heterocycles. The fraction of sp³-hybridized carbons (Fsp3) is 0.581.